The van der Waals surface area contributed by atoms with Crippen LogP contribution in [0.1, 0.15) is 102 Å². The molecule has 0 unspecified atom stereocenters. The summed E-state index contributed by atoms with van der Waals surface area (Å²) in [6.07, 6.45) is 11.4. The van der Waals surface area contributed by atoms with Gasteiger partial charge >= 0.3 is 0 Å². The second-order valence-corrected chi connectivity index (χ2v) is 12.4. The number of allylic oxidation sites excluding steroid dienone is 1. The minimum Gasteiger partial charge on any atom is -0.387 e. The lowest BCUT2D eigenvalue weighted by Crippen LogP contribution is -2.37. The van der Waals surface area contributed by atoms with E-state index in [0.717, 1.165) is 44.5 Å². The zero-order chi connectivity index (χ0) is 33.0. The highest BCUT2D eigenvalue weighted by atomic mass is 16.1. The Morgan fingerprint density at radius 3 is 2.36 bits per heavy atom. The fourth-order valence-corrected chi connectivity index (χ4v) is 4.89. The second kappa shape index (κ2) is 16.8. The lowest BCUT2D eigenvalue weighted by molar-refractivity contribution is -0.125. The van der Waals surface area contributed by atoms with Gasteiger partial charge in [0.1, 0.15) is 11.6 Å². The molecule has 0 aliphatic rings. The zero-order valence-corrected chi connectivity index (χ0v) is 27.9. The number of hydrogen-bond donors (Lipinski definition) is 3. The van der Waals surface area contributed by atoms with Gasteiger partial charge in [0.15, 0.2) is 0 Å². The number of Topliss-reactive ketones (excluding diaryl/α,β-unsaturated/α-hetero) is 1. The van der Waals surface area contributed by atoms with Crippen LogP contribution in [0, 0.1) is 23.7 Å². The first kappa shape index (κ1) is 36.3. The van der Waals surface area contributed by atoms with E-state index in [9.17, 15) is 9.59 Å². The van der Waals surface area contributed by atoms with E-state index in [1.165, 1.54) is 16.8 Å². The lowest BCUT2D eigenvalue weighted by Gasteiger charge is -2.25. The maximum Gasteiger partial charge on any atom is 0.280 e. The molecule has 10 nitrogen and oxygen atoms in total. The van der Waals surface area contributed by atoms with Crippen molar-refractivity contribution in [2.24, 2.45) is 27.9 Å². The molecule has 0 aliphatic carbocycles. The van der Waals surface area contributed by atoms with E-state index >= 15 is 0 Å². The summed E-state index contributed by atoms with van der Waals surface area (Å²) in [4.78, 5) is 40.0. The molecule has 0 spiro atoms. The number of nitrogens with one attached hydrogen (secondary N) is 1. The highest BCUT2D eigenvalue weighted by Gasteiger charge is 2.22. The number of amidine groups is 1. The molecule has 1 amide bonds. The number of pyridine rings is 2. The van der Waals surface area contributed by atoms with Gasteiger partial charge in [-0.15, -0.1) is 0 Å². The number of amides is 1. The molecular weight excluding hydrogens is 552 g/mol. The molecule has 0 bridgehead atoms. The summed E-state index contributed by atoms with van der Waals surface area (Å²) in [5.41, 5.74) is 9.94. The third kappa shape index (κ3) is 10.7. The van der Waals surface area contributed by atoms with E-state index in [-0.39, 0.29) is 35.9 Å². The lowest BCUT2D eigenvalue weighted by atomic mass is 9.89. The Bertz CT molecular complexity index is 1360. The molecule has 2 aromatic heterocycles. The maximum atomic E-state index is 12.8. The molecule has 240 valence electrons. The highest BCUT2D eigenvalue weighted by Crippen LogP contribution is 2.22. The van der Waals surface area contributed by atoms with Crippen LogP contribution in [-0.2, 0) is 4.79 Å². The van der Waals surface area contributed by atoms with Crippen LogP contribution in [0.15, 0.2) is 47.4 Å². The fraction of sp³-hybridized carbons (Fsp3) is 0.529. The summed E-state index contributed by atoms with van der Waals surface area (Å²) in [7, 11) is 0. The van der Waals surface area contributed by atoms with Gasteiger partial charge in [0, 0.05) is 36.5 Å². The predicted octanol–water partition coefficient (Wildman–Crippen LogP) is 6.02. The van der Waals surface area contributed by atoms with Crippen molar-refractivity contribution in [3.8, 4) is 0 Å². The summed E-state index contributed by atoms with van der Waals surface area (Å²) in [6.45, 7) is 17.8. The molecule has 2 heterocycles. The molecule has 10 heteroatoms. The Morgan fingerprint density at radius 1 is 1.07 bits per heavy atom. The number of aryl methyl sites for hydroxylation is 1. The topological polar surface area (TPSA) is 155 Å². The summed E-state index contributed by atoms with van der Waals surface area (Å²) < 4.78 is 0. The van der Waals surface area contributed by atoms with Gasteiger partial charge in [-0.05, 0) is 57.6 Å². The highest BCUT2D eigenvalue weighted by molar-refractivity contribution is 6.09. The first-order chi connectivity index (χ1) is 20.7. The molecule has 0 aromatic carbocycles. The molecule has 0 aliphatic heterocycles. The largest absolute Gasteiger partial charge is 0.387 e. The number of hydrazine groups is 1. The summed E-state index contributed by atoms with van der Waals surface area (Å²) in [5, 5.41) is 10.2. The molecule has 2 aromatic rings. The van der Waals surface area contributed by atoms with E-state index in [2.05, 4.69) is 53.6 Å². The van der Waals surface area contributed by atoms with Crippen molar-refractivity contribution in [3.05, 3.63) is 59.2 Å². The number of anilines is 2. The molecule has 0 saturated heterocycles. The number of carbonyl (C=O) groups excluding carboxylic acids is 2. The van der Waals surface area contributed by atoms with Crippen LogP contribution in [0.25, 0.3) is 0 Å². The normalized spacial score (nSPS) is 12.4. The van der Waals surface area contributed by atoms with E-state index < -0.39 is 11.3 Å². The number of aromatic nitrogens is 2. The van der Waals surface area contributed by atoms with Crippen LogP contribution in [-0.4, -0.2) is 52.8 Å². The standard InChI is InChI=1S/C34H52N8O2/c1-9-14-41(15-12-13-23(4)25(10-2)11-3)28-16-26(19-38-21-28)29(35)22-42(37)30-17-27(20-39-24(30)5)33(44)40-32(36)18-31(43)34(6,7)8/h13,16-17,19-21,25,35H,9-12,14-15,18,22,37H2,1-8H3,(H2,36,40,44). The van der Waals surface area contributed by atoms with Gasteiger partial charge in [-0.1, -0.05) is 53.2 Å². The van der Waals surface area contributed by atoms with Crippen molar-refractivity contribution >= 4 is 34.6 Å². The Kier molecular flexibility index (Phi) is 13.8. The predicted molar refractivity (Wildman–Crippen MR) is 182 cm³/mol. The van der Waals surface area contributed by atoms with Crippen LogP contribution in [0.4, 0.5) is 11.4 Å². The molecule has 0 radical (unpaired) electrons. The van der Waals surface area contributed by atoms with Gasteiger partial charge < -0.3 is 21.1 Å². The third-order valence-electron chi connectivity index (χ3n) is 7.79. The van der Waals surface area contributed by atoms with Crippen molar-refractivity contribution in [1.82, 2.24) is 9.97 Å². The van der Waals surface area contributed by atoms with Gasteiger partial charge in [0.2, 0.25) is 0 Å². The van der Waals surface area contributed by atoms with E-state index in [1.54, 1.807) is 40.0 Å². The van der Waals surface area contributed by atoms with Crippen LogP contribution < -0.4 is 21.5 Å². The molecule has 44 heavy (non-hydrogen) atoms. The molecule has 0 atom stereocenters. The van der Waals surface area contributed by atoms with Crippen LogP contribution in [0.5, 0.6) is 0 Å². The van der Waals surface area contributed by atoms with Crippen molar-refractivity contribution < 1.29 is 9.59 Å². The fourth-order valence-electron chi connectivity index (χ4n) is 4.89. The van der Waals surface area contributed by atoms with Crippen LogP contribution in [0.3, 0.4) is 0 Å². The molecular formula is C34H52N8O2. The van der Waals surface area contributed by atoms with Crippen molar-refractivity contribution in [2.45, 2.75) is 87.5 Å². The van der Waals surface area contributed by atoms with Crippen molar-refractivity contribution in [1.29, 1.82) is 5.41 Å². The van der Waals surface area contributed by atoms with Crippen molar-refractivity contribution in [2.75, 3.05) is 29.5 Å². The Balaban J connectivity index is 2.18. The van der Waals surface area contributed by atoms with Gasteiger partial charge in [-0.25, -0.2) is 5.84 Å². The maximum absolute atomic E-state index is 12.8. The van der Waals surface area contributed by atoms with Gasteiger partial charge in [-0.3, -0.25) is 19.6 Å². The molecule has 2 rings (SSSR count). The number of nitrogens with two attached hydrogens (primary N) is 2. The van der Waals surface area contributed by atoms with Crippen LogP contribution >= 0.6 is 0 Å². The number of hydrogen-bond acceptors (Lipinski definition) is 8. The average Bonchev–Trinajstić information content (AvgIpc) is 2.96. The minimum absolute atomic E-state index is 0.0507. The Hall–Kier alpha value is -3.92. The smallest absolute Gasteiger partial charge is 0.280 e. The summed E-state index contributed by atoms with van der Waals surface area (Å²) in [5.74, 6) is 6.26. The van der Waals surface area contributed by atoms with Crippen LogP contribution in [0.2, 0.25) is 0 Å². The Morgan fingerprint density at radius 2 is 1.75 bits per heavy atom. The van der Waals surface area contributed by atoms with Gasteiger partial charge in [0.05, 0.1) is 47.5 Å². The first-order valence-corrected chi connectivity index (χ1v) is 15.6. The van der Waals surface area contributed by atoms with Gasteiger partial charge in [-0.2, -0.15) is 4.99 Å². The zero-order valence-electron chi connectivity index (χ0n) is 27.9. The SMILES string of the molecule is CCCN(CCC=C(C)C(CC)CC)c1cncc(C(=N)CN(N)c2cc(C(=O)N=C(N)CC(=O)C(C)(C)C)cnc2C)c1. The Labute approximate surface area is 263 Å². The molecule has 5 N–H and O–H groups in total. The van der Waals surface area contributed by atoms with Crippen molar-refractivity contribution in [3.63, 3.8) is 0 Å². The minimum atomic E-state index is -0.612. The second-order valence-electron chi connectivity index (χ2n) is 12.4. The van der Waals surface area contributed by atoms with E-state index in [4.69, 9.17) is 17.0 Å². The number of carbonyl (C=O) groups is 2. The van der Waals surface area contributed by atoms with Gasteiger partial charge in [0.25, 0.3) is 5.91 Å². The monoisotopic (exact) mass is 604 g/mol. The number of nitrogens with zero attached hydrogens (tertiary/aromatic N) is 5. The van der Waals surface area contributed by atoms with E-state index in [0.29, 0.717) is 22.9 Å². The quantitative estimate of drug-likeness (QED) is 0.0690. The molecule has 0 fully saturated rings. The summed E-state index contributed by atoms with van der Waals surface area (Å²) >= 11 is 0. The first-order valence-electron chi connectivity index (χ1n) is 15.6. The average molecular weight is 605 g/mol. The number of aliphatic imine (C=N–C) groups is 1. The van der Waals surface area contributed by atoms with E-state index in [1.807, 2.05) is 12.3 Å². The number of rotatable bonds is 16. The summed E-state index contributed by atoms with van der Waals surface area (Å²) in [6, 6.07) is 3.56. The molecule has 0 saturated carbocycles. The number of ketones is 1. The third-order valence-corrected chi connectivity index (χ3v) is 7.79.